The number of rotatable bonds is 4. The third-order valence-electron chi connectivity index (χ3n) is 3.97. The number of hydrogen-bond donors (Lipinski definition) is 2. The van der Waals surface area contributed by atoms with Gasteiger partial charge < -0.3 is 20.3 Å². The quantitative estimate of drug-likeness (QED) is 0.858. The standard InChI is InChI=1S/C15H21N3O3S/c1-9-7-12(21-2)13(22-9)15(20)18-6-5-16-8-11(18)14(19)17-10-3-4-10/h7,10-11,16H,3-6,8H2,1-2H3,(H,17,19). The van der Waals surface area contributed by atoms with Crippen LogP contribution < -0.4 is 15.4 Å². The highest BCUT2D eigenvalue weighted by Crippen LogP contribution is 2.30. The summed E-state index contributed by atoms with van der Waals surface area (Å²) in [6, 6.07) is 1.71. The number of methoxy groups -OCH3 is 1. The Morgan fingerprint density at radius 1 is 1.45 bits per heavy atom. The van der Waals surface area contributed by atoms with Crippen molar-refractivity contribution >= 4 is 23.2 Å². The van der Waals surface area contributed by atoms with Crippen molar-refractivity contribution in [3.05, 3.63) is 15.8 Å². The van der Waals surface area contributed by atoms with Crippen molar-refractivity contribution < 1.29 is 14.3 Å². The monoisotopic (exact) mass is 323 g/mol. The van der Waals surface area contributed by atoms with Crippen LogP contribution >= 0.6 is 11.3 Å². The number of piperazine rings is 1. The molecule has 1 aliphatic heterocycles. The van der Waals surface area contributed by atoms with Crippen molar-refractivity contribution in [3.63, 3.8) is 0 Å². The first-order valence-electron chi connectivity index (χ1n) is 7.56. The molecule has 2 aliphatic rings. The van der Waals surface area contributed by atoms with Gasteiger partial charge in [0, 0.05) is 30.6 Å². The minimum Gasteiger partial charge on any atom is -0.495 e. The van der Waals surface area contributed by atoms with Gasteiger partial charge in [-0.25, -0.2) is 0 Å². The number of ether oxygens (including phenoxy) is 1. The molecule has 6 nitrogen and oxygen atoms in total. The van der Waals surface area contributed by atoms with E-state index in [4.69, 9.17) is 4.74 Å². The van der Waals surface area contributed by atoms with E-state index in [1.54, 1.807) is 12.0 Å². The average molecular weight is 323 g/mol. The summed E-state index contributed by atoms with van der Waals surface area (Å²) in [5.74, 6) is 0.412. The summed E-state index contributed by atoms with van der Waals surface area (Å²) in [5.41, 5.74) is 0. The molecule has 2 N–H and O–H groups in total. The lowest BCUT2D eigenvalue weighted by atomic mass is 10.1. The number of hydrogen-bond acceptors (Lipinski definition) is 5. The molecule has 1 saturated heterocycles. The minimum atomic E-state index is -0.450. The molecule has 1 saturated carbocycles. The second kappa shape index (κ2) is 6.26. The normalized spacial score (nSPS) is 21.5. The number of amides is 2. The molecule has 3 rings (SSSR count). The first kappa shape index (κ1) is 15.3. The molecule has 1 aliphatic carbocycles. The number of nitrogens with zero attached hydrogens (tertiary/aromatic N) is 1. The van der Waals surface area contributed by atoms with Gasteiger partial charge in [-0.05, 0) is 25.8 Å². The van der Waals surface area contributed by atoms with E-state index in [1.165, 1.54) is 11.3 Å². The van der Waals surface area contributed by atoms with E-state index in [0.29, 0.717) is 36.3 Å². The lowest BCUT2D eigenvalue weighted by molar-refractivity contribution is -0.126. The zero-order valence-corrected chi connectivity index (χ0v) is 13.7. The lowest BCUT2D eigenvalue weighted by Gasteiger charge is -2.35. The van der Waals surface area contributed by atoms with Crippen LogP contribution in [0.1, 0.15) is 27.4 Å². The van der Waals surface area contributed by atoms with Gasteiger partial charge in [0.25, 0.3) is 5.91 Å². The van der Waals surface area contributed by atoms with E-state index in [1.807, 2.05) is 13.0 Å². The van der Waals surface area contributed by atoms with Crippen LogP contribution in [-0.2, 0) is 4.79 Å². The van der Waals surface area contributed by atoms with E-state index >= 15 is 0 Å². The van der Waals surface area contributed by atoms with Crippen LogP contribution in [0.25, 0.3) is 0 Å². The molecule has 0 spiro atoms. The molecule has 0 bridgehead atoms. The summed E-state index contributed by atoms with van der Waals surface area (Å²) in [4.78, 5) is 28.5. The smallest absolute Gasteiger partial charge is 0.268 e. The molecular formula is C15H21N3O3S. The van der Waals surface area contributed by atoms with E-state index in [9.17, 15) is 9.59 Å². The summed E-state index contributed by atoms with van der Waals surface area (Å²) in [7, 11) is 1.56. The summed E-state index contributed by atoms with van der Waals surface area (Å²) >= 11 is 1.41. The Morgan fingerprint density at radius 2 is 2.23 bits per heavy atom. The van der Waals surface area contributed by atoms with Crippen molar-refractivity contribution in [3.8, 4) is 5.75 Å². The molecule has 1 unspecified atom stereocenters. The lowest BCUT2D eigenvalue weighted by Crippen LogP contribution is -2.59. The molecule has 1 aromatic heterocycles. The van der Waals surface area contributed by atoms with Crippen molar-refractivity contribution in [1.29, 1.82) is 0 Å². The first-order chi connectivity index (χ1) is 10.6. The molecule has 0 aromatic carbocycles. The molecule has 0 radical (unpaired) electrons. The zero-order valence-electron chi connectivity index (χ0n) is 12.8. The molecule has 7 heteroatoms. The van der Waals surface area contributed by atoms with Crippen LogP contribution in [-0.4, -0.2) is 55.5 Å². The van der Waals surface area contributed by atoms with Gasteiger partial charge in [0.1, 0.15) is 16.7 Å². The molecule has 2 heterocycles. The maximum atomic E-state index is 12.9. The third kappa shape index (κ3) is 3.10. The van der Waals surface area contributed by atoms with Gasteiger partial charge in [-0.2, -0.15) is 0 Å². The Hall–Kier alpha value is -1.60. The number of nitrogens with one attached hydrogen (secondary N) is 2. The van der Waals surface area contributed by atoms with Crippen LogP contribution in [0.5, 0.6) is 5.75 Å². The summed E-state index contributed by atoms with van der Waals surface area (Å²) in [6.45, 7) is 3.67. The van der Waals surface area contributed by atoms with Gasteiger partial charge in [0.2, 0.25) is 5.91 Å². The number of carbonyl (C=O) groups excluding carboxylic acids is 2. The molecule has 1 aromatic rings. The molecule has 2 amide bonds. The Morgan fingerprint density at radius 3 is 2.91 bits per heavy atom. The van der Waals surface area contributed by atoms with Gasteiger partial charge >= 0.3 is 0 Å². The van der Waals surface area contributed by atoms with Crippen LogP contribution in [0.15, 0.2) is 6.07 Å². The molecule has 120 valence electrons. The average Bonchev–Trinajstić information content (AvgIpc) is 3.26. The summed E-state index contributed by atoms with van der Waals surface area (Å²) < 4.78 is 5.30. The van der Waals surface area contributed by atoms with E-state index in [-0.39, 0.29) is 11.8 Å². The fraction of sp³-hybridized carbons (Fsp3) is 0.600. The topological polar surface area (TPSA) is 70.7 Å². The SMILES string of the molecule is COc1cc(C)sc1C(=O)N1CCNCC1C(=O)NC1CC1. The maximum Gasteiger partial charge on any atom is 0.268 e. The Kier molecular flexibility index (Phi) is 4.35. The summed E-state index contributed by atoms with van der Waals surface area (Å²) in [5, 5.41) is 6.19. The highest BCUT2D eigenvalue weighted by Gasteiger charge is 2.36. The van der Waals surface area contributed by atoms with Crippen LogP contribution in [0.3, 0.4) is 0 Å². The highest BCUT2D eigenvalue weighted by molar-refractivity contribution is 7.14. The van der Waals surface area contributed by atoms with Gasteiger partial charge in [-0.15, -0.1) is 11.3 Å². The fourth-order valence-electron chi connectivity index (χ4n) is 2.63. The highest BCUT2D eigenvalue weighted by atomic mass is 32.1. The van der Waals surface area contributed by atoms with Crippen LogP contribution in [0.2, 0.25) is 0 Å². The predicted molar refractivity (Wildman–Crippen MR) is 84.5 cm³/mol. The van der Waals surface area contributed by atoms with E-state index < -0.39 is 6.04 Å². The second-order valence-electron chi connectivity index (χ2n) is 5.76. The number of thiophene rings is 1. The molecular weight excluding hydrogens is 302 g/mol. The maximum absolute atomic E-state index is 12.9. The first-order valence-corrected chi connectivity index (χ1v) is 8.38. The third-order valence-corrected chi connectivity index (χ3v) is 4.99. The van der Waals surface area contributed by atoms with Crippen LogP contribution in [0, 0.1) is 6.92 Å². The van der Waals surface area contributed by atoms with Gasteiger partial charge in [0.15, 0.2) is 0 Å². The number of carbonyl (C=O) groups is 2. The number of aryl methyl sites for hydroxylation is 1. The Balaban J connectivity index is 1.79. The fourth-order valence-corrected chi connectivity index (χ4v) is 3.56. The largest absolute Gasteiger partial charge is 0.495 e. The molecule has 1 atom stereocenters. The summed E-state index contributed by atoms with van der Waals surface area (Å²) in [6.07, 6.45) is 2.08. The molecule has 22 heavy (non-hydrogen) atoms. The van der Waals surface area contributed by atoms with Crippen molar-refractivity contribution in [2.24, 2.45) is 0 Å². The predicted octanol–water partition coefficient (Wildman–Crippen LogP) is 0.758. The Bertz CT molecular complexity index is 583. The Labute approximate surface area is 133 Å². The minimum absolute atomic E-state index is 0.0599. The van der Waals surface area contributed by atoms with Crippen molar-refractivity contribution in [1.82, 2.24) is 15.5 Å². The van der Waals surface area contributed by atoms with Crippen molar-refractivity contribution in [2.45, 2.75) is 31.8 Å². The van der Waals surface area contributed by atoms with Gasteiger partial charge in [-0.1, -0.05) is 0 Å². The molecule has 2 fully saturated rings. The second-order valence-corrected chi connectivity index (χ2v) is 7.01. The van der Waals surface area contributed by atoms with Crippen LogP contribution in [0.4, 0.5) is 0 Å². The van der Waals surface area contributed by atoms with E-state index in [2.05, 4.69) is 10.6 Å². The van der Waals surface area contributed by atoms with Gasteiger partial charge in [-0.3, -0.25) is 9.59 Å². The van der Waals surface area contributed by atoms with Crippen molar-refractivity contribution in [2.75, 3.05) is 26.7 Å². The zero-order chi connectivity index (χ0) is 15.7. The van der Waals surface area contributed by atoms with E-state index in [0.717, 1.165) is 17.7 Å². The van der Waals surface area contributed by atoms with Gasteiger partial charge in [0.05, 0.1) is 7.11 Å².